The summed E-state index contributed by atoms with van der Waals surface area (Å²) in [6, 6.07) is 12.8. The van der Waals surface area contributed by atoms with Crippen LogP contribution in [0.3, 0.4) is 0 Å². The van der Waals surface area contributed by atoms with Crippen molar-refractivity contribution in [1.82, 2.24) is 9.80 Å². The average molecular weight is 378 g/mol. The van der Waals surface area contributed by atoms with E-state index in [9.17, 15) is 14.0 Å². The number of benzene rings is 2. The van der Waals surface area contributed by atoms with Crippen LogP contribution in [0, 0.1) is 11.7 Å². The third-order valence-electron chi connectivity index (χ3n) is 5.30. The molecule has 0 radical (unpaired) electrons. The molecule has 28 heavy (non-hydrogen) atoms. The van der Waals surface area contributed by atoms with Gasteiger partial charge in [0, 0.05) is 19.6 Å². The summed E-state index contributed by atoms with van der Waals surface area (Å²) in [5.74, 6) is -0.350. The molecular formula is C23H23FN2O2. The number of halogens is 1. The normalized spacial score (nSPS) is 19.9. The van der Waals surface area contributed by atoms with Crippen LogP contribution in [0.4, 0.5) is 4.39 Å². The summed E-state index contributed by atoms with van der Waals surface area (Å²) in [4.78, 5) is 29.8. The Kier molecular flexibility index (Phi) is 4.85. The van der Waals surface area contributed by atoms with Crippen molar-refractivity contribution in [3.8, 4) is 0 Å². The van der Waals surface area contributed by atoms with Gasteiger partial charge in [0.1, 0.15) is 5.82 Å². The van der Waals surface area contributed by atoms with E-state index >= 15 is 0 Å². The average Bonchev–Trinajstić information content (AvgIpc) is 2.93. The van der Waals surface area contributed by atoms with Crippen LogP contribution in [0.15, 0.2) is 54.6 Å². The highest BCUT2D eigenvalue weighted by atomic mass is 19.1. The maximum Gasteiger partial charge on any atom is 0.262 e. The lowest BCUT2D eigenvalue weighted by Gasteiger charge is -2.38. The predicted octanol–water partition coefficient (Wildman–Crippen LogP) is 3.85. The molecule has 4 rings (SSSR count). The van der Waals surface area contributed by atoms with Crippen molar-refractivity contribution >= 4 is 17.4 Å². The number of amides is 2. The van der Waals surface area contributed by atoms with E-state index < -0.39 is 6.04 Å². The van der Waals surface area contributed by atoms with Gasteiger partial charge in [-0.3, -0.25) is 19.4 Å². The Morgan fingerprint density at radius 1 is 1.00 bits per heavy atom. The van der Waals surface area contributed by atoms with E-state index in [0.717, 1.165) is 24.2 Å². The van der Waals surface area contributed by atoms with Gasteiger partial charge in [-0.1, -0.05) is 44.2 Å². The largest absolute Gasteiger partial charge is 0.297 e. The number of imide groups is 1. The molecule has 1 atom stereocenters. The molecule has 0 bridgehead atoms. The summed E-state index contributed by atoms with van der Waals surface area (Å²) >= 11 is 0. The molecule has 0 aromatic heterocycles. The standard InChI is InChI=1S/C23H23FN2O2/c1-15(2)13-25-12-11-18(16-7-9-17(24)10-8-16)21(14-25)26-22(27)19-5-3-4-6-20(19)23(26)28/h3-11,15,21H,12-14H2,1-2H3/t21-/m0/s1. The predicted molar refractivity (Wildman–Crippen MR) is 106 cm³/mol. The zero-order valence-corrected chi connectivity index (χ0v) is 16.1. The molecule has 0 unspecified atom stereocenters. The number of fused-ring (bicyclic) bond motifs is 1. The Bertz CT molecular complexity index is 914. The molecule has 2 heterocycles. The van der Waals surface area contributed by atoms with Crippen molar-refractivity contribution in [3.05, 3.63) is 77.1 Å². The Balaban J connectivity index is 1.73. The van der Waals surface area contributed by atoms with E-state index in [1.807, 2.05) is 0 Å². The molecule has 2 aromatic rings. The highest BCUT2D eigenvalue weighted by Gasteiger charge is 2.42. The van der Waals surface area contributed by atoms with E-state index in [1.165, 1.54) is 17.0 Å². The third-order valence-corrected chi connectivity index (χ3v) is 5.30. The number of rotatable bonds is 4. The monoisotopic (exact) mass is 378 g/mol. The molecule has 2 aliphatic heterocycles. The molecule has 0 saturated carbocycles. The molecule has 144 valence electrons. The number of nitrogens with zero attached hydrogens (tertiary/aromatic N) is 2. The van der Waals surface area contributed by atoms with E-state index in [4.69, 9.17) is 0 Å². The summed E-state index contributed by atoms with van der Waals surface area (Å²) < 4.78 is 13.4. The summed E-state index contributed by atoms with van der Waals surface area (Å²) in [6.45, 7) is 6.50. The fraction of sp³-hybridized carbons (Fsp3) is 0.304. The summed E-state index contributed by atoms with van der Waals surface area (Å²) in [5.41, 5.74) is 2.64. The first-order chi connectivity index (χ1) is 13.5. The first-order valence-electron chi connectivity index (χ1n) is 9.61. The van der Waals surface area contributed by atoms with Crippen LogP contribution in [0.2, 0.25) is 0 Å². The topological polar surface area (TPSA) is 40.6 Å². The smallest absolute Gasteiger partial charge is 0.262 e. The molecule has 2 amide bonds. The molecule has 5 heteroatoms. The fourth-order valence-corrected chi connectivity index (χ4v) is 4.11. The number of carbonyl (C=O) groups is 2. The molecule has 0 spiro atoms. The highest BCUT2D eigenvalue weighted by Crippen LogP contribution is 2.33. The summed E-state index contributed by atoms with van der Waals surface area (Å²) in [7, 11) is 0. The lowest BCUT2D eigenvalue weighted by molar-refractivity contribution is 0.0584. The molecule has 0 aliphatic carbocycles. The van der Waals surface area contributed by atoms with Gasteiger partial charge in [-0.05, 0) is 41.3 Å². The van der Waals surface area contributed by atoms with E-state index in [0.29, 0.717) is 23.6 Å². The minimum atomic E-state index is -0.398. The molecule has 0 fully saturated rings. The second kappa shape index (κ2) is 7.32. The molecule has 0 saturated heterocycles. The Hall–Kier alpha value is -2.79. The van der Waals surface area contributed by atoms with Gasteiger partial charge in [-0.2, -0.15) is 0 Å². The van der Waals surface area contributed by atoms with Gasteiger partial charge >= 0.3 is 0 Å². The van der Waals surface area contributed by atoms with Crippen LogP contribution in [-0.4, -0.2) is 47.3 Å². The maximum absolute atomic E-state index is 13.4. The van der Waals surface area contributed by atoms with E-state index in [2.05, 4.69) is 24.8 Å². The first-order valence-corrected chi connectivity index (χ1v) is 9.61. The molecular weight excluding hydrogens is 355 g/mol. The summed E-state index contributed by atoms with van der Waals surface area (Å²) in [6.07, 6.45) is 2.06. The molecule has 0 N–H and O–H groups in total. The zero-order chi connectivity index (χ0) is 19.8. The molecule has 4 nitrogen and oxygen atoms in total. The first kappa shape index (κ1) is 18.6. The van der Waals surface area contributed by atoms with Gasteiger partial charge < -0.3 is 0 Å². The minimum Gasteiger partial charge on any atom is -0.297 e. The van der Waals surface area contributed by atoms with Crippen molar-refractivity contribution < 1.29 is 14.0 Å². The van der Waals surface area contributed by atoms with Crippen molar-refractivity contribution in [1.29, 1.82) is 0 Å². The molecule has 2 aliphatic rings. The SMILES string of the molecule is CC(C)CN1CC=C(c2ccc(F)cc2)[C@@H](N2C(=O)c3ccccc3C2=O)C1. The van der Waals surface area contributed by atoms with Gasteiger partial charge in [0.25, 0.3) is 11.8 Å². The van der Waals surface area contributed by atoms with Crippen LogP contribution in [0.1, 0.15) is 40.1 Å². The van der Waals surface area contributed by atoms with Crippen molar-refractivity contribution in [2.45, 2.75) is 19.9 Å². The van der Waals surface area contributed by atoms with Crippen molar-refractivity contribution in [3.63, 3.8) is 0 Å². The van der Waals surface area contributed by atoms with Gasteiger partial charge in [0.2, 0.25) is 0 Å². The van der Waals surface area contributed by atoms with Crippen LogP contribution in [0.25, 0.3) is 5.57 Å². The van der Waals surface area contributed by atoms with Gasteiger partial charge in [0.05, 0.1) is 17.2 Å². The third kappa shape index (κ3) is 3.27. The number of hydrogen-bond donors (Lipinski definition) is 0. The fourth-order valence-electron chi connectivity index (χ4n) is 4.11. The lowest BCUT2D eigenvalue weighted by atomic mass is 9.93. The van der Waals surface area contributed by atoms with Gasteiger partial charge in [-0.25, -0.2) is 4.39 Å². The highest BCUT2D eigenvalue weighted by molar-refractivity contribution is 6.22. The molecule has 2 aromatic carbocycles. The van der Waals surface area contributed by atoms with Crippen molar-refractivity contribution in [2.75, 3.05) is 19.6 Å². The zero-order valence-electron chi connectivity index (χ0n) is 16.1. The Morgan fingerprint density at radius 3 is 2.18 bits per heavy atom. The minimum absolute atomic E-state index is 0.259. The van der Waals surface area contributed by atoms with Crippen LogP contribution in [-0.2, 0) is 0 Å². The van der Waals surface area contributed by atoms with E-state index in [1.54, 1.807) is 36.4 Å². The number of carbonyl (C=O) groups excluding carboxylic acids is 2. The quantitative estimate of drug-likeness (QED) is 0.759. The van der Waals surface area contributed by atoms with Gasteiger partial charge in [-0.15, -0.1) is 0 Å². The maximum atomic E-state index is 13.4. The second-order valence-corrected chi connectivity index (χ2v) is 7.82. The number of hydrogen-bond acceptors (Lipinski definition) is 3. The van der Waals surface area contributed by atoms with Crippen LogP contribution in [0.5, 0.6) is 0 Å². The lowest BCUT2D eigenvalue weighted by Crippen LogP contribution is -2.50. The van der Waals surface area contributed by atoms with Crippen molar-refractivity contribution in [2.24, 2.45) is 5.92 Å². The van der Waals surface area contributed by atoms with E-state index in [-0.39, 0.29) is 17.6 Å². The van der Waals surface area contributed by atoms with Gasteiger partial charge in [0.15, 0.2) is 0 Å². The Morgan fingerprint density at radius 2 is 1.61 bits per heavy atom. The van der Waals surface area contributed by atoms with Crippen LogP contribution < -0.4 is 0 Å². The Labute approximate surface area is 164 Å². The van der Waals surface area contributed by atoms with Crippen LogP contribution >= 0.6 is 0 Å². The second-order valence-electron chi connectivity index (χ2n) is 7.82. The summed E-state index contributed by atoms with van der Waals surface area (Å²) in [5, 5.41) is 0.